The van der Waals surface area contributed by atoms with Crippen molar-refractivity contribution in [2.24, 2.45) is 14.1 Å². The van der Waals surface area contributed by atoms with Crippen LogP contribution in [0.3, 0.4) is 0 Å². The molecule has 0 unspecified atom stereocenters. The molecule has 2 heterocycles. The van der Waals surface area contributed by atoms with Crippen LogP contribution in [0.25, 0.3) is 0 Å². The van der Waals surface area contributed by atoms with E-state index in [-0.39, 0.29) is 17.8 Å². The Bertz CT molecular complexity index is 919. The Balaban J connectivity index is 1.71. The van der Waals surface area contributed by atoms with Crippen LogP contribution in [0.5, 0.6) is 0 Å². The van der Waals surface area contributed by atoms with Gasteiger partial charge in [-0.3, -0.25) is 18.7 Å². The van der Waals surface area contributed by atoms with Gasteiger partial charge >= 0.3 is 5.69 Å². The molecule has 0 bridgehead atoms. The van der Waals surface area contributed by atoms with Crippen LogP contribution in [-0.4, -0.2) is 40.4 Å². The molecule has 1 fully saturated rings. The summed E-state index contributed by atoms with van der Waals surface area (Å²) in [6, 6.07) is 10.6. The van der Waals surface area contributed by atoms with Crippen LogP contribution in [0.2, 0.25) is 0 Å². The molecule has 1 amide bonds. The zero-order chi connectivity index (χ0) is 19.4. The Morgan fingerprint density at radius 3 is 2.70 bits per heavy atom. The normalized spacial score (nSPS) is 19.6. The Hall–Kier alpha value is -2.71. The SMILES string of the molecule is Cn1c(C(=O)N[C@@H]2COCC[C@@H]2OCc2ccccc2)cc(=O)n(C)c1=O. The quantitative estimate of drug-likeness (QED) is 0.808. The van der Waals surface area contributed by atoms with Crippen molar-refractivity contribution >= 4 is 5.91 Å². The maximum Gasteiger partial charge on any atom is 0.331 e. The van der Waals surface area contributed by atoms with Gasteiger partial charge < -0.3 is 14.8 Å². The second kappa shape index (κ2) is 8.32. The molecule has 27 heavy (non-hydrogen) atoms. The fourth-order valence-electron chi connectivity index (χ4n) is 3.02. The van der Waals surface area contributed by atoms with Gasteiger partial charge in [0.1, 0.15) is 5.69 Å². The highest BCUT2D eigenvalue weighted by molar-refractivity contribution is 5.92. The van der Waals surface area contributed by atoms with Crippen molar-refractivity contribution in [2.75, 3.05) is 13.2 Å². The van der Waals surface area contributed by atoms with Crippen molar-refractivity contribution in [1.29, 1.82) is 0 Å². The van der Waals surface area contributed by atoms with Crippen molar-refractivity contribution < 1.29 is 14.3 Å². The highest BCUT2D eigenvalue weighted by atomic mass is 16.5. The van der Waals surface area contributed by atoms with E-state index in [4.69, 9.17) is 9.47 Å². The molecule has 144 valence electrons. The maximum atomic E-state index is 12.6. The summed E-state index contributed by atoms with van der Waals surface area (Å²) < 4.78 is 13.6. The first-order valence-corrected chi connectivity index (χ1v) is 8.78. The molecule has 1 N–H and O–H groups in total. The zero-order valence-electron chi connectivity index (χ0n) is 15.4. The minimum Gasteiger partial charge on any atom is -0.379 e. The summed E-state index contributed by atoms with van der Waals surface area (Å²) in [4.78, 5) is 36.5. The Morgan fingerprint density at radius 1 is 1.22 bits per heavy atom. The summed E-state index contributed by atoms with van der Waals surface area (Å²) in [6.07, 6.45) is 0.430. The first kappa shape index (κ1) is 19.1. The minimum absolute atomic E-state index is 0.00971. The van der Waals surface area contributed by atoms with Gasteiger partial charge in [0.05, 0.1) is 25.4 Å². The first-order valence-electron chi connectivity index (χ1n) is 8.78. The molecule has 0 spiro atoms. The lowest BCUT2D eigenvalue weighted by atomic mass is 10.1. The second-order valence-electron chi connectivity index (χ2n) is 6.55. The van der Waals surface area contributed by atoms with Crippen LogP contribution in [0.15, 0.2) is 46.0 Å². The van der Waals surface area contributed by atoms with Gasteiger partial charge in [-0.25, -0.2) is 4.79 Å². The number of carbonyl (C=O) groups excluding carboxylic acids is 1. The predicted octanol–water partition coefficient (Wildman–Crippen LogP) is 0.188. The van der Waals surface area contributed by atoms with E-state index in [0.717, 1.165) is 20.8 Å². The Labute approximate surface area is 156 Å². The van der Waals surface area contributed by atoms with Gasteiger partial charge in [-0.15, -0.1) is 0 Å². The van der Waals surface area contributed by atoms with Crippen molar-refractivity contribution in [2.45, 2.75) is 25.2 Å². The minimum atomic E-state index is -0.551. The Kier molecular flexibility index (Phi) is 5.88. The molecule has 1 aliphatic rings. The monoisotopic (exact) mass is 373 g/mol. The summed E-state index contributed by atoms with van der Waals surface area (Å²) >= 11 is 0. The molecule has 1 saturated heterocycles. The van der Waals surface area contributed by atoms with Crippen LogP contribution in [-0.2, 0) is 30.2 Å². The summed E-state index contributed by atoms with van der Waals surface area (Å²) in [5, 5.41) is 2.84. The van der Waals surface area contributed by atoms with Crippen molar-refractivity contribution in [3.05, 3.63) is 68.5 Å². The van der Waals surface area contributed by atoms with Gasteiger partial charge in [0.15, 0.2) is 0 Å². The van der Waals surface area contributed by atoms with Crippen molar-refractivity contribution in [3.63, 3.8) is 0 Å². The van der Waals surface area contributed by atoms with Crippen molar-refractivity contribution in [3.8, 4) is 0 Å². The molecule has 1 aliphatic heterocycles. The summed E-state index contributed by atoms with van der Waals surface area (Å²) in [7, 11) is 2.83. The molecule has 8 heteroatoms. The van der Waals surface area contributed by atoms with Gasteiger partial charge in [-0.1, -0.05) is 30.3 Å². The number of nitrogens with one attached hydrogen (secondary N) is 1. The van der Waals surface area contributed by atoms with E-state index in [1.807, 2.05) is 30.3 Å². The summed E-state index contributed by atoms with van der Waals surface area (Å²) in [5.41, 5.74) is -0.0250. The topological polar surface area (TPSA) is 91.6 Å². The molecule has 0 saturated carbocycles. The van der Waals surface area contributed by atoms with Crippen LogP contribution in [0, 0.1) is 0 Å². The van der Waals surface area contributed by atoms with Gasteiger partial charge in [0, 0.05) is 26.8 Å². The molecule has 3 rings (SSSR count). The third-order valence-corrected chi connectivity index (χ3v) is 4.67. The van der Waals surface area contributed by atoms with E-state index < -0.39 is 17.2 Å². The molecule has 1 aromatic heterocycles. The lowest BCUT2D eigenvalue weighted by Gasteiger charge is -2.32. The second-order valence-corrected chi connectivity index (χ2v) is 6.55. The fourth-order valence-corrected chi connectivity index (χ4v) is 3.02. The maximum absolute atomic E-state index is 12.6. The highest BCUT2D eigenvalue weighted by Gasteiger charge is 2.29. The molecule has 0 radical (unpaired) electrons. The van der Waals surface area contributed by atoms with Gasteiger partial charge in [0.25, 0.3) is 11.5 Å². The van der Waals surface area contributed by atoms with Crippen LogP contribution in [0.1, 0.15) is 22.5 Å². The van der Waals surface area contributed by atoms with Crippen molar-refractivity contribution in [1.82, 2.24) is 14.5 Å². The number of rotatable bonds is 5. The number of aromatic nitrogens is 2. The first-order chi connectivity index (χ1) is 13.0. The number of benzene rings is 1. The number of carbonyl (C=O) groups is 1. The highest BCUT2D eigenvalue weighted by Crippen LogP contribution is 2.15. The molecular formula is C19H23N3O5. The smallest absolute Gasteiger partial charge is 0.331 e. The van der Waals surface area contributed by atoms with E-state index in [1.165, 1.54) is 14.1 Å². The molecule has 2 aromatic rings. The van der Waals surface area contributed by atoms with E-state index in [1.54, 1.807) is 0 Å². The van der Waals surface area contributed by atoms with Crippen LogP contribution in [0.4, 0.5) is 0 Å². The van der Waals surface area contributed by atoms with Gasteiger partial charge in [-0.2, -0.15) is 0 Å². The third kappa shape index (κ3) is 4.35. The average molecular weight is 373 g/mol. The number of amides is 1. The summed E-state index contributed by atoms with van der Waals surface area (Å²) in [6.45, 7) is 1.29. The van der Waals surface area contributed by atoms with E-state index in [2.05, 4.69) is 5.32 Å². The Morgan fingerprint density at radius 2 is 1.96 bits per heavy atom. The van der Waals surface area contributed by atoms with Gasteiger partial charge in [-0.05, 0) is 12.0 Å². The standard InChI is InChI=1S/C19H23N3O5/c1-21-15(10-17(23)22(2)19(21)25)18(24)20-14-12-26-9-8-16(14)27-11-13-6-4-3-5-7-13/h3-7,10,14,16H,8-9,11-12H2,1-2H3,(H,20,24)/t14-,16+/m1/s1. The summed E-state index contributed by atoms with van der Waals surface area (Å²) in [5.74, 6) is -0.504. The van der Waals surface area contributed by atoms with E-state index >= 15 is 0 Å². The number of hydrogen-bond acceptors (Lipinski definition) is 5. The molecule has 2 atom stereocenters. The van der Waals surface area contributed by atoms with Crippen LogP contribution < -0.4 is 16.6 Å². The lowest BCUT2D eigenvalue weighted by Crippen LogP contribution is -2.51. The largest absolute Gasteiger partial charge is 0.379 e. The van der Waals surface area contributed by atoms with E-state index in [0.29, 0.717) is 26.2 Å². The predicted molar refractivity (Wildman–Crippen MR) is 98.6 cm³/mol. The molecular weight excluding hydrogens is 350 g/mol. The van der Waals surface area contributed by atoms with E-state index in [9.17, 15) is 14.4 Å². The number of ether oxygens (including phenoxy) is 2. The molecule has 0 aliphatic carbocycles. The van der Waals surface area contributed by atoms with Gasteiger partial charge in [0.2, 0.25) is 0 Å². The third-order valence-electron chi connectivity index (χ3n) is 4.67. The zero-order valence-corrected chi connectivity index (χ0v) is 15.4. The fraction of sp³-hybridized carbons (Fsp3) is 0.421. The number of hydrogen-bond donors (Lipinski definition) is 1. The molecule has 8 nitrogen and oxygen atoms in total. The lowest BCUT2D eigenvalue weighted by molar-refractivity contribution is -0.0605. The van der Waals surface area contributed by atoms with Crippen LogP contribution >= 0.6 is 0 Å². The molecule has 1 aromatic carbocycles. The number of nitrogens with zero attached hydrogens (tertiary/aromatic N) is 2. The average Bonchev–Trinajstić information content (AvgIpc) is 2.69.